The molecule has 6 aliphatic rings. The molecule has 0 spiro atoms. The lowest BCUT2D eigenvalue weighted by Gasteiger charge is -2.56. The van der Waals surface area contributed by atoms with E-state index in [2.05, 4.69) is 15.5 Å². The molecule has 7 nitrogen and oxygen atoms in total. The van der Waals surface area contributed by atoms with Crippen molar-refractivity contribution in [3.8, 4) is 0 Å². The molecule has 6 rings (SSSR count). The Morgan fingerprint density at radius 3 is 2.00 bits per heavy atom. The molecule has 5 aliphatic carbocycles. The summed E-state index contributed by atoms with van der Waals surface area (Å²) in [7, 11) is 0. The molecule has 7 heteroatoms. The fourth-order valence-electron chi connectivity index (χ4n) is 7.06. The van der Waals surface area contributed by atoms with E-state index in [9.17, 15) is 14.4 Å². The van der Waals surface area contributed by atoms with Crippen molar-refractivity contribution in [2.45, 2.75) is 63.8 Å². The minimum Gasteiger partial charge on any atom is -0.352 e. The Morgan fingerprint density at radius 1 is 0.833 bits per heavy atom. The summed E-state index contributed by atoms with van der Waals surface area (Å²) in [5.41, 5.74) is 0.217. The van der Waals surface area contributed by atoms with Gasteiger partial charge in [-0.05, 0) is 74.5 Å². The molecule has 1 saturated heterocycles. The molecule has 0 radical (unpaired) electrons. The third-order valence-electron chi connectivity index (χ3n) is 8.17. The molecule has 6 fully saturated rings. The molecule has 1 heterocycles. The maximum absolute atomic E-state index is 12.6. The first-order valence-corrected chi connectivity index (χ1v) is 12.0. The van der Waals surface area contributed by atoms with Crippen LogP contribution in [0.1, 0.15) is 57.8 Å². The highest BCUT2D eigenvalue weighted by Crippen LogP contribution is 2.61. The average molecular weight is 417 g/mol. The second-order valence-corrected chi connectivity index (χ2v) is 10.9. The molecule has 3 amide bonds. The van der Waals surface area contributed by atoms with Crippen LogP contribution in [0.2, 0.25) is 0 Å². The molecular formula is C23H36N4O3. The summed E-state index contributed by atoms with van der Waals surface area (Å²) in [5, 5.41) is 5.93. The summed E-state index contributed by atoms with van der Waals surface area (Å²) in [6.45, 7) is 3.20. The van der Waals surface area contributed by atoms with Crippen LogP contribution in [-0.4, -0.2) is 72.8 Å². The van der Waals surface area contributed by atoms with Crippen molar-refractivity contribution in [1.82, 2.24) is 20.4 Å². The Kier molecular flexibility index (Phi) is 5.50. The lowest BCUT2D eigenvalue weighted by atomic mass is 9.49. The highest BCUT2D eigenvalue weighted by Gasteiger charge is 2.51. The van der Waals surface area contributed by atoms with E-state index in [1.54, 1.807) is 0 Å². The lowest BCUT2D eigenvalue weighted by Crippen LogP contribution is -2.53. The van der Waals surface area contributed by atoms with Gasteiger partial charge in [-0.1, -0.05) is 0 Å². The third kappa shape index (κ3) is 4.66. The van der Waals surface area contributed by atoms with Gasteiger partial charge in [-0.2, -0.15) is 0 Å². The van der Waals surface area contributed by atoms with Crippen molar-refractivity contribution in [3.63, 3.8) is 0 Å². The number of hydrogen-bond acceptors (Lipinski definition) is 4. The number of piperazine rings is 1. The largest absolute Gasteiger partial charge is 0.352 e. The molecule has 2 N–H and O–H groups in total. The standard InChI is InChI=1S/C23H36N4O3/c28-20(13-23-10-16-7-17(11-23)9-18(8-16)12-23)24-14-22(30)27-5-3-26(4-6-27)15-21(29)25-19-1-2-19/h16-19H,1-15H2,(H,24,28)(H,25,29). The van der Waals surface area contributed by atoms with Gasteiger partial charge < -0.3 is 15.5 Å². The highest BCUT2D eigenvalue weighted by atomic mass is 16.2. The quantitative estimate of drug-likeness (QED) is 0.652. The van der Waals surface area contributed by atoms with E-state index in [1.807, 2.05) is 4.90 Å². The van der Waals surface area contributed by atoms with Crippen LogP contribution in [0.5, 0.6) is 0 Å². The van der Waals surface area contributed by atoms with Gasteiger partial charge in [0.1, 0.15) is 0 Å². The maximum atomic E-state index is 12.6. The van der Waals surface area contributed by atoms with E-state index >= 15 is 0 Å². The normalized spacial score (nSPS) is 35.3. The molecule has 0 unspecified atom stereocenters. The second-order valence-electron chi connectivity index (χ2n) is 10.9. The summed E-state index contributed by atoms with van der Waals surface area (Å²) in [4.78, 5) is 41.1. The summed E-state index contributed by atoms with van der Waals surface area (Å²) in [5.74, 6) is 2.67. The van der Waals surface area contributed by atoms with Crippen LogP contribution in [0.4, 0.5) is 0 Å². The van der Waals surface area contributed by atoms with Gasteiger partial charge in [0.15, 0.2) is 0 Å². The molecule has 166 valence electrons. The Balaban J connectivity index is 1.02. The van der Waals surface area contributed by atoms with Crippen molar-refractivity contribution in [2.24, 2.45) is 23.2 Å². The zero-order chi connectivity index (χ0) is 20.7. The fraction of sp³-hybridized carbons (Fsp3) is 0.870. The predicted molar refractivity (Wildman–Crippen MR) is 112 cm³/mol. The first-order chi connectivity index (χ1) is 14.5. The molecular weight excluding hydrogens is 380 g/mol. The SMILES string of the molecule is O=C(CC12CC3CC(CC(C3)C1)C2)NCC(=O)N1CCN(CC(=O)NC2CC2)CC1. The Bertz CT molecular complexity index is 661. The van der Waals surface area contributed by atoms with Crippen molar-refractivity contribution in [1.29, 1.82) is 0 Å². The van der Waals surface area contributed by atoms with Gasteiger partial charge >= 0.3 is 0 Å². The highest BCUT2D eigenvalue weighted by molar-refractivity contribution is 5.85. The van der Waals surface area contributed by atoms with Gasteiger partial charge in [0.05, 0.1) is 13.1 Å². The third-order valence-corrected chi connectivity index (χ3v) is 8.17. The van der Waals surface area contributed by atoms with Crippen LogP contribution in [-0.2, 0) is 14.4 Å². The van der Waals surface area contributed by atoms with Gasteiger partial charge in [-0.25, -0.2) is 0 Å². The van der Waals surface area contributed by atoms with Gasteiger partial charge in [0.25, 0.3) is 0 Å². The van der Waals surface area contributed by atoms with Crippen LogP contribution in [0.25, 0.3) is 0 Å². The average Bonchev–Trinajstić information content (AvgIpc) is 3.49. The van der Waals surface area contributed by atoms with E-state index in [0.29, 0.717) is 45.2 Å². The van der Waals surface area contributed by atoms with Crippen molar-refractivity contribution in [3.05, 3.63) is 0 Å². The monoisotopic (exact) mass is 416 g/mol. The zero-order valence-corrected chi connectivity index (χ0v) is 18.0. The van der Waals surface area contributed by atoms with E-state index in [1.165, 1.54) is 38.5 Å². The summed E-state index contributed by atoms with van der Waals surface area (Å²) in [6, 6.07) is 0.391. The minimum atomic E-state index is -0.00376. The van der Waals surface area contributed by atoms with E-state index in [-0.39, 0.29) is 29.7 Å². The molecule has 30 heavy (non-hydrogen) atoms. The summed E-state index contributed by atoms with van der Waals surface area (Å²) in [6.07, 6.45) is 10.6. The number of nitrogens with one attached hydrogen (secondary N) is 2. The maximum Gasteiger partial charge on any atom is 0.242 e. The molecule has 1 aliphatic heterocycles. The predicted octanol–water partition coefficient (Wildman–Crippen LogP) is 1.13. The Hall–Kier alpha value is -1.63. The smallest absolute Gasteiger partial charge is 0.242 e. The van der Waals surface area contributed by atoms with E-state index in [4.69, 9.17) is 0 Å². The number of hydrogen-bond donors (Lipinski definition) is 2. The van der Waals surface area contributed by atoms with Crippen LogP contribution < -0.4 is 10.6 Å². The number of carbonyl (C=O) groups excluding carboxylic acids is 3. The van der Waals surface area contributed by atoms with Crippen molar-refractivity contribution in [2.75, 3.05) is 39.3 Å². The first-order valence-electron chi connectivity index (χ1n) is 12.0. The molecule has 0 atom stereocenters. The molecule has 0 aromatic carbocycles. The molecule has 0 aromatic heterocycles. The molecule has 0 aromatic rings. The van der Waals surface area contributed by atoms with Crippen LogP contribution in [0.3, 0.4) is 0 Å². The first kappa shape index (κ1) is 20.3. The molecule has 5 saturated carbocycles. The number of rotatable bonds is 7. The lowest BCUT2D eigenvalue weighted by molar-refractivity contribution is -0.136. The van der Waals surface area contributed by atoms with Crippen LogP contribution >= 0.6 is 0 Å². The second kappa shape index (κ2) is 8.13. The summed E-state index contributed by atoms with van der Waals surface area (Å²) < 4.78 is 0. The number of carbonyl (C=O) groups is 3. The van der Waals surface area contributed by atoms with Gasteiger partial charge in [0.2, 0.25) is 17.7 Å². The Morgan fingerprint density at radius 2 is 1.43 bits per heavy atom. The van der Waals surface area contributed by atoms with Crippen molar-refractivity contribution < 1.29 is 14.4 Å². The van der Waals surface area contributed by atoms with E-state index < -0.39 is 0 Å². The Labute approximate surface area is 179 Å². The minimum absolute atomic E-state index is 0.00376. The topological polar surface area (TPSA) is 81.8 Å². The summed E-state index contributed by atoms with van der Waals surface area (Å²) >= 11 is 0. The van der Waals surface area contributed by atoms with Crippen LogP contribution in [0, 0.1) is 23.2 Å². The van der Waals surface area contributed by atoms with Gasteiger partial charge in [-0.3, -0.25) is 19.3 Å². The van der Waals surface area contributed by atoms with Crippen molar-refractivity contribution >= 4 is 17.7 Å². The van der Waals surface area contributed by atoms with Gasteiger partial charge in [-0.15, -0.1) is 0 Å². The fourth-order valence-corrected chi connectivity index (χ4v) is 7.06. The van der Waals surface area contributed by atoms with Crippen LogP contribution in [0.15, 0.2) is 0 Å². The number of nitrogens with zero attached hydrogens (tertiary/aromatic N) is 2. The van der Waals surface area contributed by atoms with Gasteiger partial charge in [0, 0.05) is 38.6 Å². The number of amides is 3. The molecule has 4 bridgehead atoms. The van der Waals surface area contributed by atoms with E-state index in [0.717, 1.165) is 30.6 Å². The zero-order valence-electron chi connectivity index (χ0n) is 18.0.